The van der Waals surface area contributed by atoms with Gasteiger partial charge in [-0.1, -0.05) is 18.2 Å². The summed E-state index contributed by atoms with van der Waals surface area (Å²) in [7, 11) is 1.64. The van der Waals surface area contributed by atoms with Gasteiger partial charge in [0.15, 0.2) is 5.78 Å². The number of methoxy groups -OCH3 is 1. The Morgan fingerprint density at radius 1 is 1.32 bits per heavy atom. The van der Waals surface area contributed by atoms with Gasteiger partial charge in [-0.15, -0.1) is 11.3 Å². The van der Waals surface area contributed by atoms with Crippen molar-refractivity contribution in [2.75, 3.05) is 7.11 Å². The zero-order chi connectivity index (χ0) is 16.1. The molecule has 116 valence electrons. The number of nitrogens with one attached hydrogen (secondary N) is 1. The molecule has 22 heavy (non-hydrogen) atoms. The molecule has 0 fully saturated rings. The third-order valence-corrected chi connectivity index (χ3v) is 4.34. The molecule has 1 aromatic heterocycles. The number of hydrogen-bond acceptors (Lipinski definition) is 4. The molecular weight excluding hydrogens is 298 g/mol. The summed E-state index contributed by atoms with van der Waals surface area (Å²) >= 11 is 1.29. The van der Waals surface area contributed by atoms with Crippen LogP contribution in [0.15, 0.2) is 35.7 Å². The highest BCUT2D eigenvalue weighted by atomic mass is 32.1. The number of carbonyl (C=O) groups excluding carboxylic acids is 2. The summed E-state index contributed by atoms with van der Waals surface area (Å²) in [4.78, 5) is 24.1. The molecule has 0 radical (unpaired) electrons. The van der Waals surface area contributed by atoms with Gasteiger partial charge in [0.25, 0.3) is 5.91 Å². The van der Waals surface area contributed by atoms with Crippen molar-refractivity contribution in [1.82, 2.24) is 5.32 Å². The molecule has 1 aromatic carbocycles. The zero-order valence-corrected chi connectivity index (χ0v) is 13.7. The number of thiophene rings is 1. The predicted molar refractivity (Wildman–Crippen MR) is 87.9 cm³/mol. The number of rotatable bonds is 6. The van der Waals surface area contributed by atoms with Crippen molar-refractivity contribution in [3.05, 3.63) is 51.7 Å². The van der Waals surface area contributed by atoms with E-state index in [1.807, 2.05) is 31.2 Å². The normalized spacial score (nSPS) is 11.8. The van der Waals surface area contributed by atoms with Crippen molar-refractivity contribution in [3.63, 3.8) is 0 Å². The van der Waals surface area contributed by atoms with Crippen LogP contribution in [-0.4, -0.2) is 24.8 Å². The first kappa shape index (κ1) is 16.2. The maximum atomic E-state index is 12.2. The van der Waals surface area contributed by atoms with Crippen LogP contribution in [0.3, 0.4) is 0 Å². The number of amides is 1. The molecular formula is C17H19NO3S. The first-order valence-corrected chi connectivity index (χ1v) is 7.91. The lowest BCUT2D eigenvalue weighted by molar-refractivity contribution is 0.0940. The fourth-order valence-electron chi connectivity index (χ4n) is 2.20. The average Bonchev–Trinajstić information content (AvgIpc) is 2.98. The number of ketones is 1. The second-order valence-corrected chi connectivity index (χ2v) is 6.06. The van der Waals surface area contributed by atoms with Gasteiger partial charge >= 0.3 is 0 Å². The fourth-order valence-corrected chi connectivity index (χ4v) is 2.99. The summed E-state index contributed by atoms with van der Waals surface area (Å²) < 4.78 is 5.32. The molecule has 5 heteroatoms. The van der Waals surface area contributed by atoms with Crippen molar-refractivity contribution in [1.29, 1.82) is 0 Å². The van der Waals surface area contributed by atoms with Gasteiger partial charge in [-0.05, 0) is 38.0 Å². The first-order valence-electron chi connectivity index (χ1n) is 7.03. The van der Waals surface area contributed by atoms with Gasteiger partial charge in [-0.25, -0.2) is 0 Å². The van der Waals surface area contributed by atoms with Crippen LogP contribution >= 0.6 is 11.3 Å². The van der Waals surface area contributed by atoms with E-state index in [1.54, 1.807) is 18.6 Å². The Hall–Kier alpha value is -2.14. The van der Waals surface area contributed by atoms with Gasteiger partial charge in [-0.2, -0.15) is 0 Å². The highest BCUT2D eigenvalue weighted by Gasteiger charge is 2.14. The Bertz CT molecular complexity index is 678. The standard InChI is InChI=1S/C17H19NO3S/c1-11(8-13-6-4-5-7-15(13)21-3)18-17(20)14-9-16(12(2)19)22-10-14/h4-7,9-11H,8H2,1-3H3,(H,18,20)/t11-/m0/s1. The van der Waals surface area contributed by atoms with Crippen LogP contribution in [0.1, 0.15) is 39.4 Å². The van der Waals surface area contributed by atoms with E-state index in [0.29, 0.717) is 16.9 Å². The maximum absolute atomic E-state index is 12.2. The Labute approximate surface area is 134 Å². The smallest absolute Gasteiger partial charge is 0.252 e. The van der Waals surface area contributed by atoms with Gasteiger partial charge < -0.3 is 10.1 Å². The van der Waals surface area contributed by atoms with Crippen LogP contribution in [-0.2, 0) is 6.42 Å². The highest BCUT2D eigenvalue weighted by Crippen LogP contribution is 2.19. The fraction of sp³-hybridized carbons (Fsp3) is 0.294. The third-order valence-electron chi connectivity index (χ3n) is 3.30. The van der Waals surface area contributed by atoms with E-state index in [4.69, 9.17) is 4.74 Å². The quantitative estimate of drug-likeness (QED) is 0.832. The molecule has 4 nitrogen and oxygen atoms in total. The van der Waals surface area contributed by atoms with Crippen molar-refractivity contribution in [3.8, 4) is 5.75 Å². The molecule has 0 saturated heterocycles. The van der Waals surface area contributed by atoms with Gasteiger partial charge in [-0.3, -0.25) is 9.59 Å². The van der Waals surface area contributed by atoms with Crippen molar-refractivity contribution in [2.24, 2.45) is 0 Å². The summed E-state index contributed by atoms with van der Waals surface area (Å²) in [6.45, 7) is 3.44. The summed E-state index contributed by atoms with van der Waals surface area (Å²) in [6, 6.07) is 9.36. The van der Waals surface area contributed by atoms with Gasteiger partial charge in [0.1, 0.15) is 5.75 Å². The predicted octanol–water partition coefficient (Wildman–Crippen LogP) is 3.32. The number of benzene rings is 1. The summed E-state index contributed by atoms with van der Waals surface area (Å²) in [5.41, 5.74) is 1.58. The lowest BCUT2D eigenvalue weighted by atomic mass is 10.1. The lowest BCUT2D eigenvalue weighted by Crippen LogP contribution is -2.33. The minimum Gasteiger partial charge on any atom is -0.496 e. The maximum Gasteiger partial charge on any atom is 0.252 e. The third kappa shape index (κ3) is 3.95. The molecule has 0 aliphatic rings. The van der Waals surface area contributed by atoms with E-state index >= 15 is 0 Å². The molecule has 1 N–H and O–H groups in total. The molecule has 0 saturated carbocycles. The largest absolute Gasteiger partial charge is 0.496 e. The minimum absolute atomic E-state index is 0.0221. The molecule has 0 aliphatic heterocycles. The first-order chi connectivity index (χ1) is 10.5. The van der Waals surface area contributed by atoms with E-state index in [2.05, 4.69) is 5.32 Å². The van der Waals surface area contributed by atoms with Crippen LogP contribution in [0.25, 0.3) is 0 Å². The lowest BCUT2D eigenvalue weighted by Gasteiger charge is -2.15. The Balaban J connectivity index is 2.00. The number of hydrogen-bond donors (Lipinski definition) is 1. The molecule has 2 aromatic rings. The van der Waals surface area contributed by atoms with Crippen molar-refractivity contribution >= 4 is 23.0 Å². The van der Waals surface area contributed by atoms with Crippen molar-refractivity contribution in [2.45, 2.75) is 26.3 Å². The van der Waals surface area contributed by atoms with Crippen molar-refractivity contribution < 1.29 is 14.3 Å². The van der Waals surface area contributed by atoms with Gasteiger partial charge in [0, 0.05) is 11.4 Å². The molecule has 1 heterocycles. The van der Waals surface area contributed by atoms with Crippen LogP contribution in [0.2, 0.25) is 0 Å². The second-order valence-electron chi connectivity index (χ2n) is 5.15. The van der Waals surface area contributed by atoms with Crippen LogP contribution in [0.4, 0.5) is 0 Å². The van der Waals surface area contributed by atoms with Crippen LogP contribution in [0, 0.1) is 0 Å². The number of carbonyl (C=O) groups is 2. The van der Waals surface area contributed by atoms with E-state index < -0.39 is 0 Å². The topological polar surface area (TPSA) is 55.4 Å². The Kier molecular flexibility index (Phi) is 5.33. The molecule has 0 bridgehead atoms. The number of para-hydroxylation sites is 1. The Morgan fingerprint density at radius 3 is 2.68 bits per heavy atom. The zero-order valence-electron chi connectivity index (χ0n) is 12.9. The highest BCUT2D eigenvalue weighted by molar-refractivity contribution is 7.12. The van der Waals surface area contributed by atoms with E-state index in [0.717, 1.165) is 11.3 Å². The molecule has 0 aliphatic carbocycles. The van der Waals surface area contributed by atoms with Gasteiger partial charge in [0.2, 0.25) is 0 Å². The number of ether oxygens (including phenoxy) is 1. The molecule has 1 amide bonds. The second kappa shape index (κ2) is 7.22. The minimum atomic E-state index is -0.161. The summed E-state index contributed by atoms with van der Waals surface area (Å²) in [6.07, 6.45) is 0.680. The molecule has 1 atom stereocenters. The average molecular weight is 317 g/mol. The van der Waals surface area contributed by atoms with Crippen LogP contribution < -0.4 is 10.1 Å². The monoisotopic (exact) mass is 317 g/mol. The summed E-state index contributed by atoms with van der Waals surface area (Å²) in [5.74, 6) is 0.635. The molecule has 0 spiro atoms. The molecule has 0 unspecified atom stereocenters. The van der Waals surface area contributed by atoms with Gasteiger partial charge in [0.05, 0.1) is 17.6 Å². The van der Waals surface area contributed by atoms with Crippen LogP contribution in [0.5, 0.6) is 5.75 Å². The number of Topliss-reactive ketones (excluding diaryl/α,β-unsaturated/α-hetero) is 1. The van der Waals surface area contributed by atoms with E-state index in [9.17, 15) is 9.59 Å². The van der Waals surface area contributed by atoms with E-state index in [-0.39, 0.29) is 17.7 Å². The Morgan fingerprint density at radius 2 is 2.05 bits per heavy atom. The molecule has 2 rings (SSSR count). The van der Waals surface area contributed by atoms with E-state index in [1.165, 1.54) is 18.3 Å². The summed E-state index contributed by atoms with van der Waals surface area (Å²) in [5, 5.41) is 4.66. The SMILES string of the molecule is COc1ccccc1C[C@H](C)NC(=O)c1csc(C(C)=O)c1.